The lowest BCUT2D eigenvalue weighted by atomic mass is 9.84. The molecule has 4 aromatic carbocycles. The quantitative estimate of drug-likeness (QED) is 0.00616. The minimum Gasteiger partial charge on any atom is -0.490 e. The van der Waals surface area contributed by atoms with Crippen molar-refractivity contribution in [3.8, 4) is 34.3 Å². The number of aryl methyl sites for hydroxylation is 2. The lowest BCUT2D eigenvalue weighted by Crippen LogP contribution is -2.53. The van der Waals surface area contributed by atoms with Gasteiger partial charge in [-0.05, 0) is 136 Å². The van der Waals surface area contributed by atoms with E-state index in [1.54, 1.807) is 42.7 Å². The van der Waals surface area contributed by atoms with Gasteiger partial charge in [-0.1, -0.05) is 58.5 Å². The van der Waals surface area contributed by atoms with Crippen molar-refractivity contribution in [1.82, 2.24) is 55.5 Å². The van der Waals surface area contributed by atoms with Crippen LogP contribution in [0.5, 0.6) is 11.5 Å². The molecule has 0 aliphatic carbocycles. The van der Waals surface area contributed by atoms with Crippen LogP contribution in [0.4, 0.5) is 29.7 Å². The van der Waals surface area contributed by atoms with Crippen molar-refractivity contribution >= 4 is 98.7 Å². The van der Waals surface area contributed by atoms with Gasteiger partial charge >= 0.3 is 18.2 Å². The number of hydrogen-bond acceptors (Lipinski definition) is 25. The Bertz CT molecular complexity index is 5820. The van der Waals surface area contributed by atoms with Gasteiger partial charge in [-0.2, -0.15) is 0 Å². The summed E-state index contributed by atoms with van der Waals surface area (Å²) in [7, 11) is 0. The van der Waals surface area contributed by atoms with Gasteiger partial charge in [-0.15, -0.1) is 0 Å². The zero-order valence-corrected chi connectivity index (χ0v) is 68.0. The van der Waals surface area contributed by atoms with Gasteiger partial charge in [0, 0.05) is 81.8 Å². The number of halogens is 2. The van der Waals surface area contributed by atoms with Crippen LogP contribution < -0.4 is 63.5 Å². The molecule has 644 valence electrons. The van der Waals surface area contributed by atoms with Crippen LogP contribution in [0.15, 0.2) is 119 Å². The number of esters is 1. The number of aliphatic hydroxyl groups is 2. The standard InChI is InChI=1S/C86H90F2N14O21/c1-8-51-53-28-68(61(87)32-64(53)97-75-55(51)35-101-66(75)30-59-57(80(101)111)41-118-46(7)85(59,116)10-3)122-43-91-83(114)120-39-47-15-19-49(20-16-47)94-78(109)45(6)93-77(108)44(5)92-72(105)38-99(26-27-100-73(106)23-24-74(100)107)37-71(104)90-34-70(103)96-63(14-12-13-25-89)79(110)95-50-21-17-48(18-22-50)40-121-84(115)123-69-29-54-52(9-2)56-36-102-67(76(56)98-65(54)33-62(69)88)31-60-58(81(102)112)42-119-82(113)86(60,117)11-4/h15-24,28-33,44-45,63,116-117H,7-14,25-27,34-43,89H2,1-6H3,(H,90,104)(H,91,114)(H,92,105)(H,93,108)(H,94,109)(H,95,110)(H,96,103)/t44-,45-,63-,85+,86-/m0/s1. The monoisotopic (exact) mass is 1690 g/mol. The predicted molar refractivity (Wildman–Crippen MR) is 437 cm³/mol. The van der Waals surface area contributed by atoms with Crippen LogP contribution in [-0.2, 0) is 126 Å². The Labute approximate surface area is 700 Å². The van der Waals surface area contributed by atoms with Crippen LogP contribution >= 0.6 is 0 Å². The van der Waals surface area contributed by atoms with Crippen LogP contribution in [0.3, 0.4) is 0 Å². The third kappa shape index (κ3) is 18.4. The number of amides is 9. The minimum absolute atomic E-state index is 0.0460. The molecule has 4 aromatic heterocycles. The Hall–Kier alpha value is -13.7. The van der Waals surface area contributed by atoms with Crippen LogP contribution in [0.1, 0.15) is 129 Å². The third-order valence-corrected chi connectivity index (χ3v) is 22.2. The largest absolute Gasteiger partial charge is 0.514 e. The van der Waals surface area contributed by atoms with Crippen molar-refractivity contribution in [2.75, 3.05) is 56.6 Å². The molecule has 0 bridgehead atoms. The highest BCUT2D eigenvalue weighted by atomic mass is 19.1. The van der Waals surface area contributed by atoms with Crippen molar-refractivity contribution in [3.05, 3.63) is 197 Å². The van der Waals surface area contributed by atoms with Crippen molar-refractivity contribution < 1.29 is 100 Å². The number of anilines is 2. The number of unbranched alkanes of at least 4 members (excludes halogenated alkanes) is 1. The number of ether oxygens (including phenoxy) is 6. The van der Waals surface area contributed by atoms with Crippen LogP contribution in [0.25, 0.3) is 44.6 Å². The number of benzene rings is 4. The Morgan fingerprint density at radius 3 is 1.72 bits per heavy atom. The normalized spacial score (nSPS) is 16.5. The third-order valence-electron chi connectivity index (χ3n) is 22.2. The van der Waals surface area contributed by atoms with Crippen LogP contribution in [0, 0.1) is 11.6 Å². The fraction of sp³-hybridized carbons (Fsp3) is 0.360. The van der Waals surface area contributed by atoms with Gasteiger partial charge in [-0.3, -0.25) is 63.1 Å². The maximum atomic E-state index is 15.8. The molecule has 5 aliphatic rings. The smallest absolute Gasteiger partial charge is 0.490 e. The first-order valence-corrected chi connectivity index (χ1v) is 39.9. The SMILES string of the molecule is C=C1OCc2c(cc3n(c2=O)Cc2c-3nc3cc(F)c(OCNC(=O)OCc4ccc(NC(=O)[C@H](C)NC(=O)[C@H](C)NC(=O)CN(CCN5C(=O)C=CC5=O)CC(=O)NCC(=O)N[C@@H](CCCCN)C(=O)Nc5ccc(COC(=O)Oc6cc7c(CC)c8c(nc7cc6F)-c6cc7c(c(=O)n6C8)COC(=O)[C@]7(O)CC)cc5)cc4)cc3c2CC)[C@@]1(O)CC. The van der Waals surface area contributed by atoms with Gasteiger partial charge in [0.25, 0.3) is 22.9 Å². The zero-order valence-electron chi connectivity index (χ0n) is 68.0. The van der Waals surface area contributed by atoms with E-state index in [0.717, 1.165) is 34.2 Å². The molecule has 0 spiro atoms. The maximum Gasteiger partial charge on any atom is 0.514 e. The van der Waals surface area contributed by atoms with Gasteiger partial charge < -0.3 is 85.4 Å². The van der Waals surface area contributed by atoms with E-state index in [1.807, 2.05) is 13.8 Å². The Balaban J connectivity index is 0.539. The topological polar surface area (TPSA) is 470 Å². The molecule has 0 radical (unpaired) electrons. The second-order valence-corrected chi connectivity index (χ2v) is 30.1. The molecule has 0 fully saturated rings. The predicted octanol–water partition coefficient (Wildman–Crippen LogP) is 5.38. The van der Waals surface area contributed by atoms with E-state index < -0.39 is 144 Å². The summed E-state index contributed by atoms with van der Waals surface area (Å²) in [5, 5.41) is 41.8. The Morgan fingerprint density at radius 2 is 1.15 bits per heavy atom. The van der Waals surface area contributed by atoms with Crippen LogP contribution in [-0.4, -0.2) is 169 Å². The number of fused-ring (bicyclic) bond motifs is 10. The lowest BCUT2D eigenvalue weighted by molar-refractivity contribution is -0.172. The number of cyclic esters (lactones) is 1. The molecule has 5 atom stereocenters. The number of pyridine rings is 4. The fourth-order valence-corrected chi connectivity index (χ4v) is 15.4. The summed E-state index contributed by atoms with van der Waals surface area (Å²) >= 11 is 0. The van der Waals surface area contributed by atoms with Crippen molar-refractivity contribution in [2.45, 2.75) is 155 Å². The molecule has 35 nitrogen and oxygen atoms in total. The number of nitrogens with zero attached hydrogens (tertiary/aromatic N) is 6. The molecular weight excluding hydrogens is 1600 g/mol. The molecule has 5 aliphatic heterocycles. The van der Waals surface area contributed by atoms with E-state index >= 15 is 8.78 Å². The summed E-state index contributed by atoms with van der Waals surface area (Å²) in [6.07, 6.45) is 2.04. The Morgan fingerprint density at radius 1 is 0.618 bits per heavy atom. The number of aromatic nitrogens is 4. The number of carbonyl (C=O) groups excluding carboxylic acids is 11. The molecule has 8 aromatic rings. The average molecular weight is 1690 g/mol. The first-order valence-electron chi connectivity index (χ1n) is 39.9. The van der Waals surface area contributed by atoms with Crippen LogP contribution in [0.2, 0.25) is 0 Å². The van der Waals surface area contributed by atoms with E-state index in [2.05, 4.69) is 43.8 Å². The van der Waals surface area contributed by atoms with Crippen molar-refractivity contribution in [2.24, 2.45) is 5.73 Å². The summed E-state index contributed by atoms with van der Waals surface area (Å²) in [6, 6.07) is 17.1. The fourth-order valence-electron chi connectivity index (χ4n) is 15.4. The number of rotatable bonds is 33. The minimum atomic E-state index is -2.05. The molecule has 0 saturated carbocycles. The first-order chi connectivity index (χ1) is 58.8. The van der Waals surface area contributed by atoms with Crippen molar-refractivity contribution in [1.29, 1.82) is 0 Å². The summed E-state index contributed by atoms with van der Waals surface area (Å²) < 4.78 is 67.0. The Kier molecular flexibility index (Phi) is 26.0. The molecule has 0 unspecified atom stereocenters. The lowest BCUT2D eigenvalue weighted by Gasteiger charge is -2.35. The van der Waals surface area contributed by atoms with E-state index in [4.69, 9.17) is 44.1 Å². The second kappa shape index (κ2) is 36.7. The highest BCUT2D eigenvalue weighted by Crippen LogP contribution is 2.45. The molecule has 0 saturated heterocycles. The zero-order chi connectivity index (χ0) is 88.0. The summed E-state index contributed by atoms with van der Waals surface area (Å²) in [5.74, 6) is -8.79. The number of carbonyl (C=O) groups is 11. The van der Waals surface area contributed by atoms with Gasteiger partial charge in [-0.25, -0.2) is 33.1 Å². The second-order valence-electron chi connectivity index (χ2n) is 30.1. The summed E-state index contributed by atoms with van der Waals surface area (Å²) in [6.45, 7) is 10.6. The van der Waals surface area contributed by atoms with E-state index in [-0.39, 0.29) is 118 Å². The number of hydrogen-bond donors (Lipinski definition) is 10. The first kappa shape index (κ1) is 87.2. The van der Waals surface area contributed by atoms with Crippen molar-refractivity contribution in [3.63, 3.8) is 0 Å². The number of nitrogens with one attached hydrogen (secondary N) is 7. The molecule has 123 heavy (non-hydrogen) atoms. The maximum absolute atomic E-state index is 15.8. The van der Waals surface area contributed by atoms with Gasteiger partial charge in [0.1, 0.15) is 55.9 Å². The molecule has 9 amide bonds. The van der Waals surface area contributed by atoms with E-state index in [9.17, 15) is 72.5 Å². The van der Waals surface area contributed by atoms with Gasteiger partial charge in [0.15, 0.2) is 35.5 Å². The highest BCUT2D eigenvalue weighted by Gasteiger charge is 2.47. The molecule has 9 heterocycles. The molecule has 13 rings (SSSR count). The van der Waals surface area contributed by atoms with E-state index in [1.165, 1.54) is 77.9 Å². The number of imide groups is 1. The molecular formula is C86H90F2N14O21. The van der Waals surface area contributed by atoms with Gasteiger partial charge in [0.2, 0.25) is 35.4 Å². The molecule has 37 heteroatoms. The number of alkyl carbamates (subject to hydrolysis) is 1. The average Bonchev–Trinajstić information content (AvgIpc) is 1.62. The highest BCUT2D eigenvalue weighted by molar-refractivity contribution is 6.13. The number of nitrogens with two attached hydrogens (primary N) is 1. The molecule has 11 N–H and O–H groups in total. The summed E-state index contributed by atoms with van der Waals surface area (Å²) in [4.78, 5) is 184. The summed E-state index contributed by atoms with van der Waals surface area (Å²) in [5.41, 5.74) is 8.89. The van der Waals surface area contributed by atoms with E-state index in [0.29, 0.717) is 104 Å². The van der Waals surface area contributed by atoms with Gasteiger partial charge in [0.05, 0.1) is 77.7 Å².